The van der Waals surface area contributed by atoms with E-state index in [1.807, 2.05) is 0 Å². The van der Waals surface area contributed by atoms with Crippen LogP contribution in [0.3, 0.4) is 0 Å². The Balaban J connectivity index is 2.32. The molecule has 0 spiro atoms. The summed E-state index contributed by atoms with van der Waals surface area (Å²) in [6.07, 6.45) is 8.57. The van der Waals surface area contributed by atoms with E-state index in [0.717, 1.165) is 18.8 Å². The molecule has 0 aromatic carbocycles. The van der Waals surface area contributed by atoms with E-state index < -0.39 is 0 Å². The smallest absolute Gasteiger partial charge is 0.333 e. The minimum absolute atomic E-state index is 0.139. The maximum Gasteiger partial charge on any atom is 0.333 e. The van der Waals surface area contributed by atoms with E-state index in [1.54, 1.807) is 6.92 Å². The van der Waals surface area contributed by atoms with E-state index in [1.165, 1.54) is 32.1 Å². The minimum atomic E-state index is -0.221. The van der Waals surface area contributed by atoms with Gasteiger partial charge in [-0.1, -0.05) is 39.2 Å². The summed E-state index contributed by atoms with van der Waals surface area (Å²) in [5.41, 5.74) is 0.510. The lowest BCUT2D eigenvalue weighted by molar-refractivity contribution is -0.146. The normalized spacial score (nSPS) is 25.1. The van der Waals surface area contributed by atoms with Crippen LogP contribution >= 0.6 is 0 Å². The number of ether oxygens (including phenoxy) is 1. The molecular formula is C14H24O2. The Kier molecular flexibility index (Phi) is 5.58. The summed E-state index contributed by atoms with van der Waals surface area (Å²) >= 11 is 0. The van der Waals surface area contributed by atoms with Crippen LogP contribution < -0.4 is 0 Å². The van der Waals surface area contributed by atoms with Crippen LogP contribution in [-0.2, 0) is 9.53 Å². The summed E-state index contributed by atoms with van der Waals surface area (Å²) in [7, 11) is 0. The third kappa shape index (κ3) is 4.38. The second kappa shape index (κ2) is 6.72. The topological polar surface area (TPSA) is 26.3 Å². The van der Waals surface area contributed by atoms with Gasteiger partial charge < -0.3 is 4.74 Å². The predicted molar refractivity (Wildman–Crippen MR) is 66.2 cm³/mol. The van der Waals surface area contributed by atoms with Gasteiger partial charge in [-0.15, -0.1) is 0 Å². The molecule has 0 radical (unpaired) electrons. The lowest BCUT2D eigenvalue weighted by atomic mass is 9.84. The molecule has 0 aromatic heterocycles. The molecule has 1 rings (SSSR count). The Morgan fingerprint density at radius 1 is 1.44 bits per heavy atom. The molecule has 1 saturated carbocycles. The molecule has 1 aliphatic carbocycles. The highest BCUT2D eigenvalue weighted by Gasteiger charge is 2.24. The number of carbonyl (C=O) groups is 1. The maximum atomic E-state index is 11.4. The van der Waals surface area contributed by atoms with Crippen molar-refractivity contribution in [3.8, 4) is 0 Å². The van der Waals surface area contributed by atoms with Gasteiger partial charge in [0.1, 0.15) is 6.10 Å². The molecule has 0 N–H and O–H groups in total. The second-order valence-corrected chi connectivity index (χ2v) is 4.98. The molecule has 2 nitrogen and oxygen atoms in total. The molecule has 0 aliphatic heterocycles. The van der Waals surface area contributed by atoms with Crippen molar-refractivity contribution in [3.05, 3.63) is 12.2 Å². The number of rotatable bonds is 5. The fourth-order valence-electron chi connectivity index (χ4n) is 2.36. The van der Waals surface area contributed by atoms with Gasteiger partial charge in [0.15, 0.2) is 0 Å². The first-order valence-corrected chi connectivity index (χ1v) is 6.50. The number of hydrogen-bond donors (Lipinski definition) is 0. The fraction of sp³-hybridized carbons (Fsp3) is 0.786. The lowest BCUT2D eigenvalue weighted by Gasteiger charge is -2.28. The number of unbranched alkanes of at least 4 members (excludes halogenated alkanes) is 1. The van der Waals surface area contributed by atoms with E-state index >= 15 is 0 Å². The average molecular weight is 224 g/mol. The Hall–Kier alpha value is -0.790. The van der Waals surface area contributed by atoms with Crippen LogP contribution in [0.2, 0.25) is 0 Å². The van der Waals surface area contributed by atoms with Crippen molar-refractivity contribution in [2.24, 2.45) is 5.92 Å². The third-order valence-electron chi connectivity index (χ3n) is 3.32. The Bertz CT molecular complexity index is 245. The highest BCUT2D eigenvalue weighted by atomic mass is 16.5. The van der Waals surface area contributed by atoms with Gasteiger partial charge in [0.25, 0.3) is 0 Å². The second-order valence-electron chi connectivity index (χ2n) is 4.98. The third-order valence-corrected chi connectivity index (χ3v) is 3.32. The molecule has 0 aromatic rings. The summed E-state index contributed by atoms with van der Waals surface area (Å²) in [4.78, 5) is 11.4. The Labute approximate surface area is 99.1 Å². The van der Waals surface area contributed by atoms with Gasteiger partial charge in [-0.3, -0.25) is 0 Å². The van der Waals surface area contributed by atoms with Crippen molar-refractivity contribution < 1.29 is 9.53 Å². The van der Waals surface area contributed by atoms with Gasteiger partial charge in [-0.05, 0) is 32.1 Å². The molecule has 1 fully saturated rings. The SMILES string of the molecule is C=C(C)C(=O)OC1CCCC(CCCC)C1. The van der Waals surface area contributed by atoms with Crippen molar-refractivity contribution in [2.45, 2.75) is 64.9 Å². The molecule has 0 saturated heterocycles. The molecule has 0 heterocycles. The number of esters is 1. The number of carbonyl (C=O) groups excluding carboxylic acids is 1. The van der Waals surface area contributed by atoms with Crippen LogP contribution in [0.25, 0.3) is 0 Å². The Morgan fingerprint density at radius 3 is 2.81 bits per heavy atom. The van der Waals surface area contributed by atoms with Crippen LogP contribution in [0.4, 0.5) is 0 Å². The summed E-state index contributed by atoms with van der Waals surface area (Å²) < 4.78 is 5.42. The summed E-state index contributed by atoms with van der Waals surface area (Å²) in [5, 5.41) is 0. The molecule has 1 aliphatic rings. The first-order valence-electron chi connectivity index (χ1n) is 6.50. The van der Waals surface area contributed by atoms with E-state index in [4.69, 9.17) is 4.74 Å². The fourth-order valence-corrected chi connectivity index (χ4v) is 2.36. The molecule has 92 valence electrons. The van der Waals surface area contributed by atoms with E-state index in [9.17, 15) is 4.79 Å². The predicted octanol–water partition coefficient (Wildman–Crippen LogP) is 3.85. The minimum Gasteiger partial charge on any atom is -0.459 e. The summed E-state index contributed by atoms with van der Waals surface area (Å²) in [5.74, 6) is 0.540. The molecule has 0 bridgehead atoms. The largest absolute Gasteiger partial charge is 0.459 e. The van der Waals surface area contributed by atoms with Gasteiger partial charge in [0.05, 0.1) is 0 Å². The van der Waals surface area contributed by atoms with Crippen molar-refractivity contribution >= 4 is 5.97 Å². The van der Waals surface area contributed by atoms with Crippen molar-refractivity contribution in [1.82, 2.24) is 0 Å². The van der Waals surface area contributed by atoms with Crippen molar-refractivity contribution in [1.29, 1.82) is 0 Å². The van der Waals surface area contributed by atoms with Gasteiger partial charge in [0, 0.05) is 5.57 Å². The van der Waals surface area contributed by atoms with Gasteiger partial charge in [-0.25, -0.2) is 4.79 Å². The van der Waals surface area contributed by atoms with Crippen LogP contribution in [0.1, 0.15) is 58.8 Å². The molecule has 2 atom stereocenters. The highest BCUT2D eigenvalue weighted by Crippen LogP contribution is 2.30. The van der Waals surface area contributed by atoms with E-state index in [-0.39, 0.29) is 12.1 Å². The first-order chi connectivity index (χ1) is 7.63. The lowest BCUT2D eigenvalue weighted by Crippen LogP contribution is -2.25. The zero-order valence-electron chi connectivity index (χ0n) is 10.6. The highest BCUT2D eigenvalue weighted by molar-refractivity contribution is 5.87. The average Bonchev–Trinajstić information content (AvgIpc) is 2.26. The number of hydrogen-bond acceptors (Lipinski definition) is 2. The van der Waals surface area contributed by atoms with Crippen LogP contribution in [0, 0.1) is 5.92 Å². The molecule has 0 amide bonds. The molecule has 2 heteroatoms. The van der Waals surface area contributed by atoms with Crippen LogP contribution in [0.15, 0.2) is 12.2 Å². The quantitative estimate of drug-likeness (QED) is 0.523. The van der Waals surface area contributed by atoms with Gasteiger partial charge >= 0.3 is 5.97 Å². The van der Waals surface area contributed by atoms with Crippen molar-refractivity contribution in [3.63, 3.8) is 0 Å². The maximum absolute atomic E-state index is 11.4. The standard InChI is InChI=1S/C14H24O2/c1-4-5-7-12-8-6-9-13(10-12)16-14(15)11(2)3/h12-13H,2,4-10H2,1,3H3. The summed E-state index contributed by atoms with van der Waals surface area (Å²) in [6.45, 7) is 7.55. The van der Waals surface area contributed by atoms with Crippen LogP contribution in [-0.4, -0.2) is 12.1 Å². The zero-order chi connectivity index (χ0) is 12.0. The Morgan fingerprint density at radius 2 is 2.19 bits per heavy atom. The molecule has 2 unspecified atom stereocenters. The van der Waals surface area contributed by atoms with Gasteiger partial charge in [-0.2, -0.15) is 0 Å². The van der Waals surface area contributed by atoms with Crippen LogP contribution in [0.5, 0.6) is 0 Å². The van der Waals surface area contributed by atoms with E-state index in [0.29, 0.717) is 5.57 Å². The van der Waals surface area contributed by atoms with E-state index in [2.05, 4.69) is 13.5 Å². The monoisotopic (exact) mass is 224 g/mol. The van der Waals surface area contributed by atoms with Gasteiger partial charge in [0.2, 0.25) is 0 Å². The molecule has 16 heavy (non-hydrogen) atoms. The molecular weight excluding hydrogens is 200 g/mol. The summed E-state index contributed by atoms with van der Waals surface area (Å²) in [6, 6.07) is 0. The van der Waals surface area contributed by atoms with Crippen molar-refractivity contribution in [2.75, 3.05) is 0 Å². The zero-order valence-corrected chi connectivity index (χ0v) is 10.6. The first kappa shape index (κ1) is 13.3.